The number of rotatable bonds is 2. The zero-order chi connectivity index (χ0) is 11.5. The van der Waals surface area contributed by atoms with Crippen LogP contribution in [0, 0.1) is 14.0 Å². The van der Waals surface area contributed by atoms with E-state index in [1.807, 2.05) is 12.1 Å². The molecule has 1 fully saturated rings. The standard InChI is InChI=1S/C14H20N2.Y/c1-12-6-4-5-7-14(12)16(3)13-8-10-15(2)11-9-13;/h4-7,13H,1,3,8-11H2,2H3;/q-2;. The average Bonchev–Trinajstić information content (AvgIpc) is 2.30. The second-order valence-corrected chi connectivity index (χ2v) is 4.63. The average molecular weight is 305 g/mol. The van der Waals surface area contributed by atoms with Gasteiger partial charge in [0.05, 0.1) is 0 Å². The largest absolute Gasteiger partial charge is 0.575 e. The number of anilines is 1. The summed E-state index contributed by atoms with van der Waals surface area (Å²) in [6, 6.07) is 8.78. The zero-order valence-electron chi connectivity index (χ0n) is 10.6. The number of para-hydroxylation sites is 1. The molecule has 0 spiro atoms. The van der Waals surface area contributed by atoms with Crippen molar-refractivity contribution >= 4 is 5.69 Å². The van der Waals surface area contributed by atoms with Crippen LogP contribution in [0.4, 0.5) is 5.69 Å². The topological polar surface area (TPSA) is 6.48 Å². The fourth-order valence-corrected chi connectivity index (χ4v) is 2.29. The zero-order valence-corrected chi connectivity index (χ0v) is 13.4. The fraction of sp³-hybridized carbons (Fsp3) is 0.429. The van der Waals surface area contributed by atoms with Crippen molar-refractivity contribution in [3.8, 4) is 0 Å². The van der Waals surface area contributed by atoms with E-state index in [4.69, 9.17) is 0 Å². The first kappa shape index (κ1) is 15.0. The molecule has 0 N–H and O–H groups in total. The quantitative estimate of drug-likeness (QED) is 0.775. The van der Waals surface area contributed by atoms with Crippen molar-refractivity contribution in [3.63, 3.8) is 0 Å². The van der Waals surface area contributed by atoms with Gasteiger partial charge in [0.15, 0.2) is 0 Å². The van der Waals surface area contributed by atoms with Gasteiger partial charge in [0.2, 0.25) is 0 Å². The van der Waals surface area contributed by atoms with Crippen LogP contribution < -0.4 is 4.90 Å². The minimum absolute atomic E-state index is 0. The maximum absolute atomic E-state index is 4.19. The van der Waals surface area contributed by atoms with Gasteiger partial charge in [-0.1, -0.05) is 17.8 Å². The van der Waals surface area contributed by atoms with Gasteiger partial charge in [-0.05, 0) is 39.0 Å². The fourth-order valence-electron chi connectivity index (χ4n) is 2.29. The molecule has 0 atom stereocenters. The molecule has 0 aromatic heterocycles. The second-order valence-electron chi connectivity index (χ2n) is 4.63. The molecule has 1 aliphatic rings. The Morgan fingerprint density at radius 3 is 2.41 bits per heavy atom. The summed E-state index contributed by atoms with van der Waals surface area (Å²) in [5.74, 6) is 0. The van der Waals surface area contributed by atoms with Crippen LogP contribution in [0.5, 0.6) is 0 Å². The van der Waals surface area contributed by atoms with Gasteiger partial charge in [-0.3, -0.25) is 7.05 Å². The van der Waals surface area contributed by atoms with E-state index < -0.39 is 0 Å². The summed E-state index contributed by atoms with van der Waals surface area (Å²) in [6.45, 7) is 6.38. The van der Waals surface area contributed by atoms with E-state index in [1.165, 1.54) is 12.8 Å². The van der Waals surface area contributed by atoms with Crippen LogP contribution in [-0.2, 0) is 32.7 Å². The van der Waals surface area contributed by atoms with Crippen LogP contribution >= 0.6 is 0 Å². The third-order valence-electron chi connectivity index (χ3n) is 3.43. The van der Waals surface area contributed by atoms with E-state index in [9.17, 15) is 0 Å². The summed E-state index contributed by atoms with van der Waals surface area (Å²) in [5.41, 5.74) is 2.23. The number of likely N-dealkylation sites (tertiary alicyclic amines) is 1. The molecule has 0 amide bonds. The summed E-state index contributed by atoms with van der Waals surface area (Å²) >= 11 is 0. The van der Waals surface area contributed by atoms with Gasteiger partial charge in [-0.15, -0.1) is 6.07 Å². The Bertz CT molecular complexity index is 346. The van der Waals surface area contributed by atoms with Crippen molar-refractivity contribution in [2.24, 2.45) is 0 Å². The van der Waals surface area contributed by atoms with E-state index in [0.717, 1.165) is 24.3 Å². The van der Waals surface area contributed by atoms with Crippen molar-refractivity contribution in [1.82, 2.24) is 4.90 Å². The van der Waals surface area contributed by atoms with Crippen molar-refractivity contribution in [2.75, 3.05) is 25.0 Å². The van der Waals surface area contributed by atoms with Crippen LogP contribution in [0.1, 0.15) is 18.4 Å². The van der Waals surface area contributed by atoms with Crippen LogP contribution in [0.3, 0.4) is 0 Å². The van der Waals surface area contributed by atoms with E-state index in [-0.39, 0.29) is 32.7 Å². The molecule has 1 saturated heterocycles. The normalized spacial score (nSPS) is 17.5. The molecule has 17 heavy (non-hydrogen) atoms. The van der Waals surface area contributed by atoms with Crippen LogP contribution in [0.2, 0.25) is 0 Å². The molecular weight excluding hydrogens is 285 g/mol. The molecule has 1 radical (unpaired) electrons. The minimum atomic E-state index is 0. The van der Waals surface area contributed by atoms with Gasteiger partial charge in [0.25, 0.3) is 0 Å². The van der Waals surface area contributed by atoms with Gasteiger partial charge < -0.3 is 9.80 Å². The molecule has 2 nitrogen and oxygen atoms in total. The van der Waals surface area contributed by atoms with Crippen molar-refractivity contribution in [2.45, 2.75) is 18.9 Å². The number of piperidine rings is 1. The predicted octanol–water partition coefficient (Wildman–Crippen LogP) is 2.56. The number of hydrogen-bond acceptors (Lipinski definition) is 2. The van der Waals surface area contributed by atoms with Crippen molar-refractivity contribution in [1.29, 1.82) is 0 Å². The summed E-state index contributed by atoms with van der Waals surface area (Å²) in [5, 5.41) is 0. The molecule has 0 saturated carbocycles. The van der Waals surface area contributed by atoms with E-state index in [0.29, 0.717) is 6.04 Å². The van der Waals surface area contributed by atoms with E-state index in [1.54, 1.807) is 0 Å². The summed E-state index contributed by atoms with van der Waals surface area (Å²) in [7, 11) is 6.37. The Morgan fingerprint density at radius 2 is 1.82 bits per heavy atom. The molecule has 1 heterocycles. The molecule has 2 rings (SSSR count). The number of nitrogens with zero attached hydrogens (tertiary/aromatic N) is 2. The predicted molar refractivity (Wildman–Crippen MR) is 69.3 cm³/mol. The van der Waals surface area contributed by atoms with Crippen molar-refractivity contribution < 1.29 is 32.7 Å². The monoisotopic (exact) mass is 305 g/mol. The van der Waals surface area contributed by atoms with Crippen LogP contribution in [-0.4, -0.2) is 31.1 Å². The van der Waals surface area contributed by atoms with Gasteiger partial charge >= 0.3 is 0 Å². The van der Waals surface area contributed by atoms with Crippen LogP contribution in [0.25, 0.3) is 0 Å². The molecule has 0 unspecified atom stereocenters. The summed E-state index contributed by atoms with van der Waals surface area (Å²) in [4.78, 5) is 4.52. The Morgan fingerprint density at radius 1 is 1.24 bits per heavy atom. The van der Waals surface area contributed by atoms with Gasteiger partial charge in [-0.2, -0.15) is 18.6 Å². The molecule has 0 bridgehead atoms. The molecule has 0 aliphatic carbocycles. The number of hydrogen-bond donors (Lipinski definition) is 0. The molecule has 3 heteroatoms. The van der Waals surface area contributed by atoms with E-state index in [2.05, 4.69) is 43.0 Å². The number of benzene rings is 1. The first-order valence-corrected chi connectivity index (χ1v) is 5.88. The SMILES string of the molecule is [CH2-]c1ccccc1N([CH2-])C1CCN(C)CC1.[Y]. The molecule has 1 aromatic rings. The van der Waals surface area contributed by atoms with Crippen molar-refractivity contribution in [3.05, 3.63) is 43.8 Å². The van der Waals surface area contributed by atoms with Gasteiger partial charge in [-0.25, -0.2) is 0 Å². The van der Waals surface area contributed by atoms with Crippen LogP contribution in [0.15, 0.2) is 24.3 Å². The molecular formula is C14H20N2Y-2. The third-order valence-corrected chi connectivity index (χ3v) is 3.43. The smallest absolute Gasteiger partial charge is 0 e. The first-order valence-electron chi connectivity index (χ1n) is 5.88. The molecule has 91 valence electrons. The third kappa shape index (κ3) is 3.71. The van der Waals surface area contributed by atoms with Gasteiger partial charge in [0, 0.05) is 32.7 Å². The minimum Gasteiger partial charge on any atom is -0.575 e. The summed E-state index contributed by atoms with van der Waals surface area (Å²) in [6.07, 6.45) is 2.38. The van der Waals surface area contributed by atoms with E-state index >= 15 is 0 Å². The Hall–Kier alpha value is -0.0461. The maximum atomic E-state index is 4.19. The Kier molecular flexibility index (Phi) is 5.98. The second kappa shape index (κ2) is 6.77. The van der Waals surface area contributed by atoms with Gasteiger partial charge in [0.1, 0.15) is 0 Å². The summed E-state index contributed by atoms with van der Waals surface area (Å²) < 4.78 is 0. The Balaban J connectivity index is 0.00000144. The molecule has 1 aliphatic heterocycles. The molecule has 1 aromatic carbocycles. The maximum Gasteiger partial charge on any atom is 0 e. The first-order chi connectivity index (χ1) is 7.68. The Labute approximate surface area is 130 Å².